The van der Waals surface area contributed by atoms with E-state index >= 15 is 0 Å². The minimum atomic E-state index is 1.08. The summed E-state index contributed by atoms with van der Waals surface area (Å²) in [5.74, 6) is 0. The quantitative estimate of drug-likeness (QED) is 0.131. The van der Waals surface area contributed by atoms with Crippen molar-refractivity contribution in [1.29, 1.82) is 0 Å². The molecule has 0 radical (unpaired) electrons. The van der Waals surface area contributed by atoms with Crippen LogP contribution in [0.2, 0.25) is 0 Å². The molecule has 0 saturated carbocycles. The molecule has 1 nitrogen and oxygen atoms in total. The smallest absolute Gasteiger partial charge is 0.0462 e. The molecular weight excluding hydrogens is 855 g/mol. The summed E-state index contributed by atoms with van der Waals surface area (Å²) in [6, 6.07) is 104. The van der Waals surface area contributed by atoms with Gasteiger partial charge in [0.25, 0.3) is 0 Å². The maximum absolute atomic E-state index is 2.38. The largest absolute Gasteiger partial charge is 0.311 e. The maximum Gasteiger partial charge on any atom is 0.0462 e. The van der Waals surface area contributed by atoms with Crippen molar-refractivity contribution in [3.05, 3.63) is 285 Å². The number of fused-ring (bicyclic) bond motifs is 7. The van der Waals surface area contributed by atoms with Gasteiger partial charge in [-0.1, -0.05) is 243 Å². The number of benzene rings is 13. The number of nitrogens with zero attached hydrogens (tertiary/aromatic N) is 1. The van der Waals surface area contributed by atoms with Crippen molar-refractivity contribution >= 4 is 60.2 Å². The number of rotatable bonds is 9. The van der Waals surface area contributed by atoms with Crippen LogP contribution in [-0.2, 0) is 0 Å². The van der Waals surface area contributed by atoms with Crippen LogP contribution in [0.3, 0.4) is 0 Å². The highest BCUT2D eigenvalue weighted by molar-refractivity contribution is 6.25. The van der Waals surface area contributed by atoms with Gasteiger partial charge in [-0.3, -0.25) is 0 Å². The molecule has 0 N–H and O–H groups in total. The molecule has 0 saturated heterocycles. The van der Waals surface area contributed by atoms with Gasteiger partial charge in [0.1, 0.15) is 0 Å². The Hall–Kier alpha value is -9.30. The van der Waals surface area contributed by atoms with Gasteiger partial charge in [-0.05, 0) is 152 Å². The lowest BCUT2D eigenvalue weighted by molar-refractivity contribution is 1.28. The summed E-state index contributed by atoms with van der Waals surface area (Å²) in [7, 11) is 0. The van der Waals surface area contributed by atoms with Crippen LogP contribution in [-0.4, -0.2) is 0 Å². The highest BCUT2D eigenvalue weighted by Crippen LogP contribution is 2.43. The van der Waals surface area contributed by atoms with E-state index in [0.717, 1.165) is 17.1 Å². The lowest BCUT2D eigenvalue weighted by Gasteiger charge is -2.26. The van der Waals surface area contributed by atoms with Crippen molar-refractivity contribution in [2.45, 2.75) is 0 Å². The SMILES string of the molecule is c1ccc(-c2ccc(-c3ccccc3-c3ccc(N(c4ccc(-c5ccc6c7ccccc7c7ccccc7c6c5)cc4)c4ccc(-c5c(-c6ccccc6)ccc6ccccc56)cc4)cc3)cc2)cc1. The lowest BCUT2D eigenvalue weighted by Crippen LogP contribution is -2.09. The Bertz CT molecular complexity index is 4010. The van der Waals surface area contributed by atoms with E-state index in [1.165, 1.54) is 110 Å². The fraction of sp³-hybridized carbons (Fsp3) is 0. The minimum Gasteiger partial charge on any atom is -0.311 e. The molecule has 0 unspecified atom stereocenters. The topological polar surface area (TPSA) is 3.24 Å². The predicted molar refractivity (Wildman–Crippen MR) is 304 cm³/mol. The standard InChI is InChI=1S/C70H47N/c1-3-15-48(16-4-1)49-27-29-53(30-28-49)60-20-9-10-21-61(60)54-33-41-58(42-34-54)71(59-43-35-55(36-44-59)70-62-22-8-7-19-52(62)37-45-63(70)51-17-5-2-6-18-51)57-39-31-50(32-40-57)56-38-46-68-66-25-12-11-23-64(66)65-24-13-14-26-67(65)69(68)47-56/h1-47H. The van der Waals surface area contributed by atoms with Crippen LogP contribution in [0.4, 0.5) is 17.1 Å². The average molecular weight is 902 g/mol. The monoisotopic (exact) mass is 901 g/mol. The molecular formula is C70H47N. The van der Waals surface area contributed by atoms with Crippen molar-refractivity contribution in [3.8, 4) is 66.8 Å². The first-order valence-electron chi connectivity index (χ1n) is 24.5. The number of hydrogen-bond acceptors (Lipinski definition) is 1. The van der Waals surface area contributed by atoms with Gasteiger partial charge in [0.15, 0.2) is 0 Å². The minimum absolute atomic E-state index is 1.08. The third kappa shape index (κ3) is 7.71. The fourth-order valence-electron chi connectivity index (χ4n) is 10.8. The van der Waals surface area contributed by atoms with Crippen molar-refractivity contribution in [2.75, 3.05) is 4.90 Å². The van der Waals surface area contributed by atoms with Crippen LogP contribution in [0, 0.1) is 0 Å². The Labute approximate surface area is 414 Å². The van der Waals surface area contributed by atoms with E-state index in [0.29, 0.717) is 0 Å². The van der Waals surface area contributed by atoms with Gasteiger partial charge in [-0.25, -0.2) is 0 Å². The molecule has 0 fully saturated rings. The Balaban J connectivity index is 0.897. The van der Waals surface area contributed by atoms with Crippen LogP contribution in [0.1, 0.15) is 0 Å². The normalized spacial score (nSPS) is 11.4. The summed E-state index contributed by atoms with van der Waals surface area (Å²) in [6.45, 7) is 0. The molecule has 0 aromatic heterocycles. The van der Waals surface area contributed by atoms with E-state index in [4.69, 9.17) is 0 Å². The number of anilines is 3. The van der Waals surface area contributed by atoms with Crippen molar-refractivity contribution in [1.82, 2.24) is 0 Å². The zero-order valence-corrected chi connectivity index (χ0v) is 39.1. The molecule has 13 rings (SSSR count). The first-order valence-corrected chi connectivity index (χ1v) is 24.5. The van der Waals surface area contributed by atoms with Crippen molar-refractivity contribution < 1.29 is 0 Å². The maximum atomic E-state index is 2.38. The van der Waals surface area contributed by atoms with Gasteiger partial charge in [-0.2, -0.15) is 0 Å². The summed E-state index contributed by atoms with van der Waals surface area (Å²) in [4.78, 5) is 2.38. The highest BCUT2D eigenvalue weighted by Gasteiger charge is 2.18. The molecule has 332 valence electrons. The lowest BCUT2D eigenvalue weighted by atomic mass is 9.89. The Morgan fingerprint density at radius 3 is 1.10 bits per heavy atom. The van der Waals surface area contributed by atoms with E-state index in [1.807, 2.05) is 0 Å². The summed E-state index contributed by atoms with van der Waals surface area (Å²) in [5, 5.41) is 10.2. The van der Waals surface area contributed by atoms with E-state index in [1.54, 1.807) is 0 Å². The predicted octanol–water partition coefficient (Wildman–Crippen LogP) is 19.8. The molecule has 0 atom stereocenters. The van der Waals surface area contributed by atoms with E-state index < -0.39 is 0 Å². The Kier molecular flexibility index (Phi) is 10.6. The summed E-state index contributed by atoms with van der Waals surface area (Å²) >= 11 is 0. The Morgan fingerprint density at radius 1 is 0.183 bits per heavy atom. The van der Waals surface area contributed by atoms with E-state index in [9.17, 15) is 0 Å². The molecule has 0 spiro atoms. The first kappa shape index (κ1) is 41.9. The zero-order chi connectivity index (χ0) is 47.1. The van der Waals surface area contributed by atoms with Crippen LogP contribution in [0.15, 0.2) is 285 Å². The molecule has 0 aliphatic heterocycles. The average Bonchev–Trinajstić information content (AvgIpc) is 3.46. The molecule has 0 bridgehead atoms. The number of hydrogen-bond donors (Lipinski definition) is 0. The van der Waals surface area contributed by atoms with Gasteiger partial charge in [0.05, 0.1) is 0 Å². The highest BCUT2D eigenvalue weighted by atomic mass is 15.1. The van der Waals surface area contributed by atoms with Gasteiger partial charge in [0, 0.05) is 17.1 Å². The first-order chi connectivity index (χ1) is 35.2. The molecule has 1 heteroatoms. The third-order valence-corrected chi connectivity index (χ3v) is 14.3. The molecule has 13 aromatic rings. The molecule has 71 heavy (non-hydrogen) atoms. The van der Waals surface area contributed by atoms with Crippen LogP contribution in [0.25, 0.3) is 110 Å². The molecule has 0 aliphatic carbocycles. The van der Waals surface area contributed by atoms with Gasteiger partial charge < -0.3 is 4.90 Å². The fourth-order valence-corrected chi connectivity index (χ4v) is 10.8. The van der Waals surface area contributed by atoms with Crippen LogP contribution < -0.4 is 4.90 Å². The third-order valence-electron chi connectivity index (χ3n) is 14.3. The summed E-state index contributed by atoms with van der Waals surface area (Å²) < 4.78 is 0. The second-order valence-electron chi connectivity index (χ2n) is 18.4. The zero-order valence-electron chi connectivity index (χ0n) is 39.1. The van der Waals surface area contributed by atoms with Crippen LogP contribution >= 0.6 is 0 Å². The van der Waals surface area contributed by atoms with Gasteiger partial charge in [-0.15, -0.1) is 0 Å². The molecule has 0 amide bonds. The molecule has 0 heterocycles. The molecule has 0 aliphatic rings. The summed E-state index contributed by atoms with van der Waals surface area (Å²) in [6.07, 6.45) is 0. The summed E-state index contributed by atoms with van der Waals surface area (Å²) in [5.41, 5.74) is 17.7. The van der Waals surface area contributed by atoms with Crippen molar-refractivity contribution in [2.24, 2.45) is 0 Å². The Morgan fingerprint density at radius 2 is 0.535 bits per heavy atom. The van der Waals surface area contributed by atoms with Crippen LogP contribution in [0.5, 0.6) is 0 Å². The second kappa shape index (κ2) is 18.0. The van der Waals surface area contributed by atoms with Gasteiger partial charge >= 0.3 is 0 Å². The van der Waals surface area contributed by atoms with Crippen molar-refractivity contribution in [3.63, 3.8) is 0 Å². The van der Waals surface area contributed by atoms with E-state index in [-0.39, 0.29) is 0 Å². The second-order valence-corrected chi connectivity index (χ2v) is 18.4. The van der Waals surface area contributed by atoms with E-state index in [2.05, 4.69) is 290 Å². The molecule has 13 aromatic carbocycles. The van der Waals surface area contributed by atoms with Gasteiger partial charge in [0.2, 0.25) is 0 Å².